The maximum absolute atomic E-state index is 11.6. The molecule has 0 atom stereocenters. The molecule has 3 nitrogen and oxygen atoms in total. The van der Waals surface area contributed by atoms with Crippen molar-refractivity contribution in [1.82, 2.24) is 4.90 Å². The monoisotopic (exact) mass is 269 g/mol. The molecule has 0 aromatic heterocycles. The van der Waals surface area contributed by atoms with Crippen LogP contribution in [0.4, 0.5) is 0 Å². The second kappa shape index (κ2) is 7.98. The second-order valence-corrected chi connectivity index (χ2v) is 4.65. The molecule has 0 aliphatic heterocycles. The van der Waals surface area contributed by atoms with Crippen LogP contribution in [0.2, 0.25) is 0 Å². The van der Waals surface area contributed by atoms with Gasteiger partial charge in [-0.15, -0.1) is 11.6 Å². The molecule has 0 saturated heterocycles. The summed E-state index contributed by atoms with van der Waals surface area (Å²) in [5, 5.41) is 0. The maximum Gasteiger partial charge on any atom is 0.222 e. The third kappa shape index (κ3) is 5.41. The van der Waals surface area contributed by atoms with Crippen molar-refractivity contribution in [2.75, 3.05) is 26.1 Å². The number of amides is 1. The lowest BCUT2D eigenvalue weighted by molar-refractivity contribution is -0.130. The fourth-order valence-corrected chi connectivity index (χ4v) is 1.67. The molecule has 18 heavy (non-hydrogen) atoms. The molecule has 0 unspecified atom stereocenters. The number of benzene rings is 1. The standard InChI is InChI=1S/C14H20ClNO2/c1-12-5-3-6-13(11-12)18-10-9-16(2)14(17)7-4-8-15/h3,5-6,11H,4,7-10H2,1-2H3. The van der Waals surface area contributed by atoms with Crippen LogP contribution in [-0.2, 0) is 4.79 Å². The van der Waals surface area contributed by atoms with Gasteiger partial charge in [0.2, 0.25) is 5.91 Å². The second-order valence-electron chi connectivity index (χ2n) is 4.27. The Balaban J connectivity index is 2.26. The van der Waals surface area contributed by atoms with E-state index in [1.54, 1.807) is 11.9 Å². The molecule has 0 radical (unpaired) electrons. The van der Waals surface area contributed by atoms with Gasteiger partial charge in [-0.2, -0.15) is 0 Å². The number of carbonyl (C=O) groups is 1. The molecule has 0 saturated carbocycles. The number of likely N-dealkylation sites (N-methyl/N-ethyl adjacent to an activating group) is 1. The highest BCUT2D eigenvalue weighted by atomic mass is 35.5. The first-order chi connectivity index (χ1) is 8.63. The summed E-state index contributed by atoms with van der Waals surface area (Å²) in [6.45, 7) is 3.12. The predicted octanol–water partition coefficient (Wildman–Crippen LogP) is 2.85. The van der Waals surface area contributed by atoms with Gasteiger partial charge >= 0.3 is 0 Å². The van der Waals surface area contributed by atoms with Crippen LogP contribution in [0.3, 0.4) is 0 Å². The van der Waals surface area contributed by atoms with Crippen LogP contribution in [0.1, 0.15) is 18.4 Å². The predicted molar refractivity (Wildman–Crippen MR) is 74.3 cm³/mol. The van der Waals surface area contributed by atoms with Crippen LogP contribution >= 0.6 is 11.6 Å². The van der Waals surface area contributed by atoms with Crippen molar-refractivity contribution >= 4 is 17.5 Å². The SMILES string of the molecule is Cc1cccc(OCCN(C)C(=O)CCCCl)c1. The number of aryl methyl sites for hydroxylation is 1. The summed E-state index contributed by atoms with van der Waals surface area (Å²) < 4.78 is 5.59. The molecule has 0 N–H and O–H groups in total. The summed E-state index contributed by atoms with van der Waals surface area (Å²) >= 11 is 5.55. The van der Waals surface area contributed by atoms with E-state index in [1.807, 2.05) is 31.2 Å². The molecule has 1 aromatic rings. The highest BCUT2D eigenvalue weighted by Gasteiger charge is 2.07. The van der Waals surface area contributed by atoms with Crippen molar-refractivity contribution in [3.05, 3.63) is 29.8 Å². The lowest BCUT2D eigenvalue weighted by Gasteiger charge is -2.17. The largest absolute Gasteiger partial charge is 0.492 e. The third-order valence-electron chi connectivity index (χ3n) is 2.63. The molecule has 4 heteroatoms. The third-order valence-corrected chi connectivity index (χ3v) is 2.90. The summed E-state index contributed by atoms with van der Waals surface area (Å²) in [4.78, 5) is 13.3. The maximum atomic E-state index is 11.6. The molecule has 0 aliphatic rings. The van der Waals surface area contributed by atoms with E-state index in [9.17, 15) is 4.79 Å². The minimum absolute atomic E-state index is 0.114. The average Bonchev–Trinajstić information content (AvgIpc) is 2.35. The van der Waals surface area contributed by atoms with Gasteiger partial charge in [0.25, 0.3) is 0 Å². The molecule has 0 heterocycles. The summed E-state index contributed by atoms with van der Waals surface area (Å²) in [5.74, 6) is 1.49. The Morgan fingerprint density at radius 3 is 2.89 bits per heavy atom. The van der Waals surface area contributed by atoms with E-state index in [2.05, 4.69) is 0 Å². The first-order valence-corrected chi connectivity index (χ1v) is 6.66. The van der Waals surface area contributed by atoms with Gasteiger partial charge in [0.05, 0.1) is 6.54 Å². The van der Waals surface area contributed by atoms with Crippen LogP contribution in [0.25, 0.3) is 0 Å². The Morgan fingerprint density at radius 1 is 1.44 bits per heavy atom. The van der Waals surface area contributed by atoms with E-state index >= 15 is 0 Å². The zero-order chi connectivity index (χ0) is 13.4. The molecule has 1 amide bonds. The molecule has 100 valence electrons. The number of alkyl halides is 1. The molecular weight excluding hydrogens is 250 g/mol. The smallest absolute Gasteiger partial charge is 0.222 e. The number of nitrogens with zero attached hydrogens (tertiary/aromatic N) is 1. The lowest BCUT2D eigenvalue weighted by Crippen LogP contribution is -2.30. The van der Waals surface area contributed by atoms with E-state index in [-0.39, 0.29) is 5.91 Å². The fourth-order valence-electron chi connectivity index (χ4n) is 1.54. The van der Waals surface area contributed by atoms with Crippen molar-refractivity contribution in [3.63, 3.8) is 0 Å². The Hall–Kier alpha value is -1.22. The van der Waals surface area contributed by atoms with Gasteiger partial charge in [-0.25, -0.2) is 0 Å². The normalized spacial score (nSPS) is 10.2. The minimum Gasteiger partial charge on any atom is -0.492 e. The number of hydrogen-bond donors (Lipinski definition) is 0. The summed E-state index contributed by atoms with van der Waals surface area (Å²) in [6, 6.07) is 7.88. The highest BCUT2D eigenvalue weighted by Crippen LogP contribution is 2.12. The van der Waals surface area contributed by atoms with Gasteiger partial charge in [0.15, 0.2) is 0 Å². The Morgan fingerprint density at radius 2 is 2.22 bits per heavy atom. The van der Waals surface area contributed by atoms with Gasteiger partial charge in [-0.05, 0) is 31.0 Å². The van der Waals surface area contributed by atoms with Gasteiger partial charge in [0.1, 0.15) is 12.4 Å². The van der Waals surface area contributed by atoms with E-state index in [1.165, 1.54) is 5.56 Å². The first-order valence-electron chi connectivity index (χ1n) is 6.13. The fraction of sp³-hybridized carbons (Fsp3) is 0.500. The molecule has 1 aromatic carbocycles. The van der Waals surface area contributed by atoms with Crippen LogP contribution in [0.15, 0.2) is 24.3 Å². The first kappa shape index (κ1) is 14.8. The van der Waals surface area contributed by atoms with E-state index in [0.29, 0.717) is 25.5 Å². The summed E-state index contributed by atoms with van der Waals surface area (Å²) in [5.41, 5.74) is 1.17. The lowest BCUT2D eigenvalue weighted by atomic mass is 10.2. The van der Waals surface area contributed by atoms with Crippen molar-refractivity contribution in [3.8, 4) is 5.75 Å². The van der Waals surface area contributed by atoms with Gasteiger partial charge in [0, 0.05) is 19.3 Å². The Kier molecular flexibility index (Phi) is 6.58. The minimum atomic E-state index is 0.114. The number of halogens is 1. The molecular formula is C14H20ClNO2. The van der Waals surface area contributed by atoms with Crippen molar-refractivity contribution in [1.29, 1.82) is 0 Å². The summed E-state index contributed by atoms with van der Waals surface area (Å²) in [6.07, 6.45) is 1.23. The Labute approximate surface area is 114 Å². The van der Waals surface area contributed by atoms with E-state index in [0.717, 1.165) is 12.2 Å². The van der Waals surface area contributed by atoms with Crippen LogP contribution < -0.4 is 4.74 Å². The van der Waals surface area contributed by atoms with Gasteiger partial charge < -0.3 is 9.64 Å². The molecule has 0 bridgehead atoms. The molecule has 0 fully saturated rings. The molecule has 0 aliphatic carbocycles. The van der Waals surface area contributed by atoms with Crippen molar-refractivity contribution in [2.24, 2.45) is 0 Å². The Bertz CT molecular complexity index is 382. The van der Waals surface area contributed by atoms with Crippen molar-refractivity contribution < 1.29 is 9.53 Å². The number of hydrogen-bond acceptors (Lipinski definition) is 2. The average molecular weight is 270 g/mol. The zero-order valence-corrected chi connectivity index (χ0v) is 11.7. The number of ether oxygens (including phenoxy) is 1. The zero-order valence-electron chi connectivity index (χ0n) is 11.0. The van der Waals surface area contributed by atoms with Crippen LogP contribution in [0.5, 0.6) is 5.75 Å². The molecule has 1 rings (SSSR count). The number of rotatable bonds is 7. The topological polar surface area (TPSA) is 29.5 Å². The van der Waals surface area contributed by atoms with Crippen molar-refractivity contribution in [2.45, 2.75) is 19.8 Å². The van der Waals surface area contributed by atoms with E-state index in [4.69, 9.17) is 16.3 Å². The van der Waals surface area contributed by atoms with E-state index < -0.39 is 0 Å². The van der Waals surface area contributed by atoms with Gasteiger partial charge in [-0.1, -0.05) is 12.1 Å². The molecule has 0 spiro atoms. The number of carbonyl (C=O) groups excluding carboxylic acids is 1. The summed E-state index contributed by atoms with van der Waals surface area (Å²) in [7, 11) is 1.79. The van der Waals surface area contributed by atoms with Gasteiger partial charge in [-0.3, -0.25) is 4.79 Å². The highest BCUT2D eigenvalue weighted by molar-refractivity contribution is 6.17. The van der Waals surface area contributed by atoms with Crippen LogP contribution in [0, 0.1) is 6.92 Å². The van der Waals surface area contributed by atoms with Crippen LogP contribution in [-0.4, -0.2) is 36.9 Å². The quantitative estimate of drug-likeness (QED) is 0.713.